The molecule has 0 aliphatic carbocycles. The van der Waals surface area contributed by atoms with Gasteiger partial charge in [-0.2, -0.15) is 0 Å². The maximum atomic E-state index is 10.7. The first-order valence-electron chi connectivity index (χ1n) is 2.81. The highest BCUT2D eigenvalue weighted by Crippen LogP contribution is 2.02. The zero-order chi connectivity index (χ0) is 8.27. The number of hydrogen-bond donors (Lipinski definition) is 1. The number of aromatic nitrogens is 1. The molecule has 0 bridgehead atoms. The molecule has 0 aliphatic heterocycles. The molecule has 58 valence electrons. The summed E-state index contributed by atoms with van der Waals surface area (Å²) in [6, 6.07) is 0. The van der Waals surface area contributed by atoms with Gasteiger partial charge in [-0.15, -0.1) is 11.3 Å². The largest absolute Gasteiger partial charge is 0.464 e. The standard InChI is InChI=1S/C6H6N2O2S/c1-10-6(9)5(7)4-2-11-3-8-4/h2-3,7H,1H3. The predicted octanol–water partition coefficient (Wildman–Crippen LogP) is 0.684. The molecule has 0 radical (unpaired) electrons. The normalized spacial score (nSPS) is 9.18. The Kier molecular flexibility index (Phi) is 2.32. The number of esters is 1. The van der Waals surface area contributed by atoms with Crippen molar-refractivity contribution in [3.63, 3.8) is 0 Å². The van der Waals surface area contributed by atoms with Crippen molar-refractivity contribution in [3.05, 3.63) is 16.6 Å². The van der Waals surface area contributed by atoms with Crippen molar-refractivity contribution in [1.29, 1.82) is 5.41 Å². The van der Waals surface area contributed by atoms with Gasteiger partial charge in [-0.05, 0) is 0 Å². The minimum absolute atomic E-state index is 0.200. The van der Waals surface area contributed by atoms with Crippen LogP contribution in [0.3, 0.4) is 0 Å². The molecule has 0 atom stereocenters. The second kappa shape index (κ2) is 3.25. The molecule has 0 aliphatic rings. The first kappa shape index (κ1) is 7.87. The highest BCUT2D eigenvalue weighted by atomic mass is 32.1. The molecule has 1 aromatic rings. The quantitative estimate of drug-likeness (QED) is 0.524. The second-order valence-electron chi connectivity index (χ2n) is 1.74. The molecule has 1 heterocycles. The third kappa shape index (κ3) is 1.62. The Morgan fingerprint density at radius 3 is 3.00 bits per heavy atom. The number of carbonyl (C=O) groups excluding carboxylic acids is 1. The van der Waals surface area contributed by atoms with Crippen LogP contribution in [0.15, 0.2) is 10.9 Å². The lowest BCUT2D eigenvalue weighted by Crippen LogP contribution is -2.15. The Morgan fingerprint density at radius 2 is 2.55 bits per heavy atom. The van der Waals surface area contributed by atoms with Crippen LogP contribution in [0.4, 0.5) is 0 Å². The summed E-state index contributed by atoms with van der Waals surface area (Å²) in [4.78, 5) is 14.5. The highest BCUT2D eigenvalue weighted by Gasteiger charge is 2.12. The molecule has 11 heavy (non-hydrogen) atoms. The van der Waals surface area contributed by atoms with E-state index in [4.69, 9.17) is 5.41 Å². The average molecular weight is 170 g/mol. The van der Waals surface area contributed by atoms with E-state index in [1.165, 1.54) is 18.4 Å². The molecule has 4 nitrogen and oxygen atoms in total. The molecule has 1 N–H and O–H groups in total. The summed E-state index contributed by atoms with van der Waals surface area (Å²) in [7, 11) is 1.24. The van der Waals surface area contributed by atoms with E-state index in [1.807, 2.05) is 0 Å². The molecule has 0 aromatic carbocycles. The zero-order valence-electron chi connectivity index (χ0n) is 5.83. The Labute approximate surface area is 67.3 Å². The summed E-state index contributed by atoms with van der Waals surface area (Å²) >= 11 is 1.34. The number of rotatable bonds is 2. The summed E-state index contributed by atoms with van der Waals surface area (Å²) in [5.41, 5.74) is 1.72. The maximum absolute atomic E-state index is 10.7. The third-order valence-electron chi connectivity index (χ3n) is 1.08. The molecule has 0 saturated carbocycles. The van der Waals surface area contributed by atoms with E-state index < -0.39 is 5.97 Å². The number of nitrogens with one attached hydrogen (secondary N) is 1. The van der Waals surface area contributed by atoms with Crippen LogP contribution < -0.4 is 0 Å². The van der Waals surface area contributed by atoms with E-state index in [0.717, 1.165) is 0 Å². The van der Waals surface area contributed by atoms with Crippen LogP contribution in [0.5, 0.6) is 0 Å². The van der Waals surface area contributed by atoms with Crippen LogP contribution >= 0.6 is 11.3 Å². The number of ether oxygens (including phenoxy) is 1. The first-order valence-corrected chi connectivity index (χ1v) is 3.75. The Hall–Kier alpha value is -1.23. The number of carbonyl (C=O) groups is 1. The molecule has 0 saturated heterocycles. The fourth-order valence-corrected chi connectivity index (χ4v) is 1.09. The van der Waals surface area contributed by atoms with Gasteiger partial charge in [0.1, 0.15) is 5.69 Å². The van der Waals surface area contributed by atoms with Gasteiger partial charge in [-0.1, -0.05) is 0 Å². The molecule has 0 fully saturated rings. The van der Waals surface area contributed by atoms with Crippen molar-refractivity contribution in [1.82, 2.24) is 4.98 Å². The summed E-state index contributed by atoms with van der Waals surface area (Å²) in [6.07, 6.45) is 0. The molecular weight excluding hydrogens is 164 g/mol. The number of nitrogens with zero attached hydrogens (tertiary/aromatic N) is 1. The van der Waals surface area contributed by atoms with E-state index in [9.17, 15) is 4.79 Å². The minimum atomic E-state index is -0.657. The van der Waals surface area contributed by atoms with Gasteiger partial charge in [0.2, 0.25) is 0 Å². The molecule has 0 unspecified atom stereocenters. The van der Waals surface area contributed by atoms with Crippen molar-refractivity contribution in [2.24, 2.45) is 0 Å². The van der Waals surface area contributed by atoms with Gasteiger partial charge in [0, 0.05) is 5.38 Å². The van der Waals surface area contributed by atoms with Crippen LogP contribution in [0.2, 0.25) is 0 Å². The summed E-state index contributed by atoms with van der Waals surface area (Å²) < 4.78 is 4.34. The van der Waals surface area contributed by atoms with Gasteiger partial charge in [-0.3, -0.25) is 5.41 Å². The van der Waals surface area contributed by atoms with E-state index >= 15 is 0 Å². The number of methoxy groups -OCH3 is 1. The van der Waals surface area contributed by atoms with Gasteiger partial charge >= 0.3 is 5.97 Å². The highest BCUT2D eigenvalue weighted by molar-refractivity contribution is 7.07. The van der Waals surface area contributed by atoms with Crippen molar-refractivity contribution >= 4 is 23.0 Å². The molecular formula is C6H6N2O2S. The second-order valence-corrected chi connectivity index (χ2v) is 2.46. The lowest BCUT2D eigenvalue weighted by atomic mass is 10.3. The van der Waals surface area contributed by atoms with Crippen LogP contribution in [-0.4, -0.2) is 23.8 Å². The van der Waals surface area contributed by atoms with Crippen LogP contribution in [0.1, 0.15) is 5.69 Å². The zero-order valence-corrected chi connectivity index (χ0v) is 6.64. The lowest BCUT2D eigenvalue weighted by Gasteiger charge is -1.95. The van der Waals surface area contributed by atoms with E-state index in [-0.39, 0.29) is 5.71 Å². The number of hydrogen-bond acceptors (Lipinski definition) is 5. The SMILES string of the molecule is COC(=O)C(=N)c1cscn1. The molecule has 1 rings (SSSR count). The molecule has 5 heteroatoms. The van der Waals surface area contributed by atoms with E-state index in [2.05, 4.69) is 9.72 Å². The Bertz CT molecular complexity index is 268. The Morgan fingerprint density at radius 1 is 1.82 bits per heavy atom. The third-order valence-corrected chi connectivity index (χ3v) is 1.66. The van der Waals surface area contributed by atoms with Crippen LogP contribution in [-0.2, 0) is 9.53 Å². The van der Waals surface area contributed by atoms with Gasteiger partial charge in [-0.25, -0.2) is 9.78 Å². The number of thiazole rings is 1. The lowest BCUT2D eigenvalue weighted by molar-refractivity contribution is -0.132. The van der Waals surface area contributed by atoms with Crippen LogP contribution in [0, 0.1) is 5.41 Å². The summed E-state index contributed by atoms with van der Waals surface area (Å²) in [6.45, 7) is 0. The smallest absolute Gasteiger partial charge is 0.358 e. The fourth-order valence-electron chi connectivity index (χ4n) is 0.543. The maximum Gasteiger partial charge on any atom is 0.358 e. The fraction of sp³-hybridized carbons (Fsp3) is 0.167. The average Bonchev–Trinajstić information content (AvgIpc) is 2.53. The summed E-state index contributed by atoms with van der Waals surface area (Å²) in [5, 5.41) is 8.85. The van der Waals surface area contributed by atoms with Crippen molar-refractivity contribution in [3.8, 4) is 0 Å². The minimum Gasteiger partial charge on any atom is -0.464 e. The topological polar surface area (TPSA) is 63.0 Å². The predicted molar refractivity (Wildman–Crippen MR) is 41.0 cm³/mol. The van der Waals surface area contributed by atoms with E-state index in [0.29, 0.717) is 5.69 Å². The molecule has 0 spiro atoms. The van der Waals surface area contributed by atoms with Gasteiger partial charge < -0.3 is 4.74 Å². The molecule has 0 amide bonds. The van der Waals surface area contributed by atoms with Crippen molar-refractivity contribution in [2.75, 3.05) is 7.11 Å². The van der Waals surface area contributed by atoms with E-state index in [1.54, 1.807) is 10.9 Å². The van der Waals surface area contributed by atoms with Crippen molar-refractivity contribution in [2.45, 2.75) is 0 Å². The van der Waals surface area contributed by atoms with Gasteiger partial charge in [0.05, 0.1) is 12.6 Å². The monoisotopic (exact) mass is 170 g/mol. The van der Waals surface area contributed by atoms with Gasteiger partial charge in [0.15, 0.2) is 5.71 Å². The Balaban J connectivity index is 2.79. The first-order chi connectivity index (χ1) is 5.25. The molecule has 1 aromatic heterocycles. The van der Waals surface area contributed by atoms with Crippen molar-refractivity contribution < 1.29 is 9.53 Å². The van der Waals surface area contributed by atoms with Gasteiger partial charge in [0.25, 0.3) is 0 Å². The summed E-state index contributed by atoms with van der Waals surface area (Å²) in [5.74, 6) is -0.657. The van der Waals surface area contributed by atoms with Crippen LogP contribution in [0.25, 0.3) is 0 Å².